The monoisotopic (exact) mass is 243 g/mol. The number of nitrogens with zero attached hydrogens (tertiary/aromatic N) is 1. The average molecular weight is 243 g/mol. The van der Waals surface area contributed by atoms with Crippen molar-refractivity contribution in [1.82, 2.24) is 4.90 Å². The summed E-state index contributed by atoms with van der Waals surface area (Å²) in [5.41, 5.74) is -0.470. The van der Waals surface area contributed by atoms with Crippen LogP contribution in [0.1, 0.15) is 53.4 Å². The second kappa shape index (κ2) is 7.30. The molecule has 100 valence electrons. The van der Waals surface area contributed by atoms with Crippen LogP contribution in [0.25, 0.3) is 0 Å². The van der Waals surface area contributed by atoms with Gasteiger partial charge < -0.3 is 10.0 Å². The summed E-state index contributed by atoms with van der Waals surface area (Å²) in [6.45, 7) is 9.17. The molecule has 0 aromatic rings. The molecule has 0 saturated heterocycles. The summed E-state index contributed by atoms with van der Waals surface area (Å²) in [5.74, 6) is -0.786. The highest BCUT2D eigenvalue weighted by Crippen LogP contribution is 2.26. The Labute approximate surface area is 104 Å². The van der Waals surface area contributed by atoms with E-state index in [1.54, 1.807) is 0 Å². The molecule has 1 amide bonds. The smallest absolute Gasteiger partial charge is 0.303 e. The fraction of sp³-hybridized carbons (Fsp3) is 0.846. The zero-order chi connectivity index (χ0) is 13.5. The van der Waals surface area contributed by atoms with Gasteiger partial charge >= 0.3 is 5.97 Å². The molecule has 0 aromatic heterocycles. The highest BCUT2D eigenvalue weighted by molar-refractivity contribution is 5.78. The average Bonchev–Trinajstić information content (AvgIpc) is 2.15. The predicted molar refractivity (Wildman–Crippen MR) is 67.8 cm³/mol. The number of carboxylic acids is 1. The van der Waals surface area contributed by atoms with Gasteiger partial charge in [0.05, 0.1) is 6.42 Å². The van der Waals surface area contributed by atoms with E-state index in [4.69, 9.17) is 5.11 Å². The molecule has 0 aliphatic carbocycles. The summed E-state index contributed by atoms with van der Waals surface area (Å²) >= 11 is 0. The molecule has 0 aliphatic rings. The van der Waals surface area contributed by atoms with E-state index in [0.717, 1.165) is 19.4 Å². The molecule has 0 saturated carbocycles. The highest BCUT2D eigenvalue weighted by atomic mass is 16.4. The lowest BCUT2D eigenvalue weighted by Crippen LogP contribution is -2.35. The number of carboxylic acid groups (broad SMARTS) is 1. The zero-order valence-electron chi connectivity index (χ0n) is 11.5. The summed E-state index contributed by atoms with van der Waals surface area (Å²) in [6.07, 6.45) is 2.39. The van der Waals surface area contributed by atoms with Crippen molar-refractivity contribution in [1.29, 1.82) is 0 Å². The third-order valence-corrected chi connectivity index (χ3v) is 2.78. The maximum absolute atomic E-state index is 12.0. The molecule has 1 N–H and O–H groups in total. The quantitative estimate of drug-likeness (QED) is 0.712. The zero-order valence-corrected chi connectivity index (χ0v) is 11.5. The van der Waals surface area contributed by atoms with Crippen molar-refractivity contribution < 1.29 is 14.7 Å². The molecule has 0 aromatic carbocycles. The second-order valence-electron chi connectivity index (χ2n) is 5.24. The Morgan fingerprint density at radius 2 is 1.76 bits per heavy atom. The lowest BCUT2D eigenvalue weighted by molar-refractivity contribution is -0.140. The standard InChI is InChI=1S/C13H25NO3/c1-5-7-8-14(6-2)11(15)9-13(3,4)10-12(16)17/h5-10H2,1-4H3,(H,16,17). The van der Waals surface area contributed by atoms with Crippen LogP contribution in [-0.2, 0) is 9.59 Å². The molecule has 4 heteroatoms. The maximum Gasteiger partial charge on any atom is 0.303 e. The van der Waals surface area contributed by atoms with E-state index in [1.807, 2.05) is 25.7 Å². The largest absolute Gasteiger partial charge is 0.481 e. The van der Waals surface area contributed by atoms with Gasteiger partial charge in [-0.3, -0.25) is 9.59 Å². The Balaban J connectivity index is 4.33. The van der Waals surface area contributed by atoms with Crippen LogP contribution in [0.4, 0.5) is 0 Å². The van der Waals surface area contributed by atoms with Crippen molar-refractivity contribution in [2.45, 2.75) is 53.4 Å². The minimum atomic E-state index is -0.848. The number of unbranched alkanes of at least 4 members (excludes halogenated alkanes) is 1. The minimum Gasteiger partial charge on any atom is -0.481 e. The fourth-order valence-electron chi connectivity index (χ4n) is 1.80. The van der Waals surface area contributed by atoms with Crippen molar-refractivity contribution in [3.05, 3.63) is 0 Å². The van der Waals surface area contributed by atoms with Gasteiger partial charge in [0.25, 0.3) is 0 Å². The second-order valence-corrected chi connectivity index (χ2v) is 5.24. The van der Waals surface area contributed by atoms with Gasteiger partial charge in [-0.05, 0) is 18.8 Å². The summed E-state index contributed by atoms with van der Waals surface area (Å²) in [6, 6.07) is 0. The van der Waals surface area contributed by atoms with E-state index >= 15 is 0 Å². The molecule has 0 heterocycles. The van der Waals surface area contributed by atoms with Gasteiger partial charge in [0.15, 0.2) is 0 Å². The van der Waals surface area contributed by atoms with Crippen LogP contribution in [0.2, 0.25) is 0 Å². The lowest BCUT2D eigenvalue weighted by atomic mass is 9.85. The van der Waals surface area contributed by atoms with Crippen molar-refractivity contribution in [2.75, 3.05) is 13.1 Å². The first-order valence-corrected chi connectivity index (χ1v) is 6.32. The molecule has 0 spiro atoms. The number of rotatable bonds is 8. The maximum atomic E-state index is 12.0. The van der Waals surface area contributed by atoms with Gasteiger partial charge in [0, 0.05) is 19.5 Å². The SMILES string of the molecule is CCCCN(CC)C(=O)CC(C)(C)CC(=O)O. The molecule has 4 nitrogen and oxygen atoms in total. The van der Waals surface area contributed by atoms with Gasteiger partial charge in [-0.2, -0.15) is 0 Å². The van der Waals surface area contributed by atoms with E-state index in [9.17, 15) is 9.59 Å². The van der Waals surface area contributed by atoms with Gasteiger partial charge in [0.1, 0.15) is 0 Å². The summed E-state index contributed by atoms with van der Waals surface area (Å²) in [5, 5.41) is 8.77. The van der Waals surface area contributed by atoms with Crippen LogP contribution in [-0.4, -0.2) is 35.0 Å². The molecule has 0 atom stereocenters. The molecule has 0 fully saturated rings. The fourth-order valence-corrected chi connectivity index (χ4v) is 1.80. The van der Waals surface area contributed by atoms with Crippen molar-refractivity contribution >= 4 is 11.9 Å². The molecule has 0 rings (SSSR count). The molecular formula is C13H25NO3. The summed E-state index contributed by atoms with van der Waals surface area (Å²) < 4.78 is 0. The van der Waals surface area contributed by atoms with E-state index in [1.165, 1.54) is 0 Å². The van der Waals surface area contributed by atoms with E-state index in [0.29, 0.717) is 13.0 Å². The molecular weight excluding hydrogens is 218 g/mol. The molecule has 0 bridgehead atoms. The number of hydrogen-bond donors (Lipinski definition) is 1. The molecule has 0 unspecified atom stereocenters. The molecule has 0 aliphatic heterocycles. The number of amides is 1. The number of carbonyl (C=O) groups is 2. The Hall–Kier alpha value is -1.06. The van der Waals surface area contributed by atoms with E-state index in [-0.39, 0.29) is 12.3 Å². The number of hydrogen-bond acceptors (Lipinski definition) is 2. The van der Waals surface area contributed by atoms with Crippen LogP contribution in [0.15, 0.2) is 0 Å². The Kier molecular flexibility index (Phi) is 6.85. The predicted octanol–water partition coefficient (Wildman–Crippen LogP) is 2.53. The van der Waals surface area contributed by atoms with Crippen LogP contribution in [0, 0.1) is 5.41 Å². The van der Waals surface area contributed by atoms with Crippen molar-refractivity contribution in [3.8, 4) is 0 Å². The van der Waals surface area contributed by atoms with Gasteiger partial charge in [-0.25, -0.2) is 0 Å². The van der Waals surface area contributed by atoms with Crippen LogP contribution in [0.5, 0.6) is 0 Å². The third-order valence-electron chi connectivity index (χ3n) is 2.78. The topological polar surface area (TPSA) is 57.6 Å². The van der Waals surface area contributed by atoms with Gasteiger partial charge in [-0.15, -0.1) is 0 Å². The Bertz CT molecular complexity index is 261. The van der Waals surface area contributed by atoms with Crippen molar-refractivity contribution in [2.24, 2.45) is 5.41 Å². The van der Waals surface area contributed by atoms with Crippen LogP contribution < -0.4 is 0 Å². The Morgan fingerprint density at radius 1 is 1.18 bits per heavy atom. The highest BCUT2D eigenvalue weighted by Gasteiger charge is 2.27. The van der Waals surface area contributed by atoms with Gasteiger partial charge in [-0.1, -0.05) is 27.2 Å². The Morgan fingerprint density at radius 3 is 2.18 bits per heavy atom. The number of aliphatic carboxylic acids is 1. The third kappa shape index (κ3) is 6.97. The first-order chi connectivity index (χ1) is 7.82. The van der Waals surface area contributed by atoms with Gasteiger partial charge in [0.2, 0.25) is 5.91 Å². The van der Waals surface area contributed by atoms with Crippen LogP contribution >= 0.6 is 0 Å². The summed E-state index contributed by atoms with van der Waals surface area (Å²) in [7, 11) is 0. The normalized spacial score (nSPS) is 11.3. The minimum absolute atomic E-state index is 0.0318. The number of carbonyl (C=O) groups excluding carboxylic acids is 1. The van der Waals surface area contributed by atoms with Crippen LogP contribution in [0.3, 0.4) is 0 Å². The molecule has 0 radical (unpaired) electrons. The van der Waals surface area contributed by atoms with E-state index in [2.05, 4.69) is 6.92 Å². The first-order valence-electron chi connectivity index (χ1n) is 6.32. The van der Waals surface area contributed by atoms with Crippen molar-refractivity contribution in [3.63, 3.8) is 0 Å². The van der Waals surface area contributed by atoms with E-state index < -0.39 is 11.4 Å². The first kappa shape index (κ1) is 15.9. The summed E-state index contributed by atoms with van der Waals surface area (Å²) in [4.78, 5) is 24.5. The lowest BCUT2D eigenvalue weighted by Gasteiger charge is -2.27. The molecule has 17 heavy (non-hydrogen) atoms.